The van der Waals surface area contributed by atoms with Gasteiger partial charge in [-0.3, -0.25) is 0 Å². The largest absolute Gasteiger partial charge is 0.462 e. The molecule has 2 aromatic carbocycles. The normalized spacial score (nSPS) is 17.6. The van der Waals surface area contributed by atoms with E-state index in [9.17, 15) is 9.59 Å². The van der Waals surface area contributed by atoms with Gasteiger partial charge in [0.25, 0.3) is 0 Å². The number of esters is 2. The fourth-order valence-electron chi connectivity index (χ4n) is 3.70. The second-order valence-electron chi connectivity index (χ2n) is 7.11. The van der Waals surface area contributed by atoms with Crippen LogP contribution in [0, 0.1) is 0 Å². The molecular formula is C24H30O4S2. The molecule has 2 aromatic rings. The average molecular weight is 447 g/mol. The third-order valence-electron chi connectivity index (χ3n) is 5.02. The van der Waals surface area contributed by atoms with E-state index in [1.54, 1.807) is 25.6 Å². The highest BCUT2D eigenvalue weighted by Gasteiger charge is 2.34. The molecule has 0 aromatic heterocycles. The van der Waals surface area contributed by atoms with Gasteiger partial charge in [-0.05, 0) is 37.8 Å². The van der Waals surface area contributed by atoms with Gasteiger partial charge in [0, 0.05) is 15.2 Å². The fraction of sp³-hybridized carbons (Fsp3) is 0.458. The number of rotatable bonds is 9. The van der Waals surface area contributed by atoms with Crippen LogP contribution in [0.4, 0.5) is 0 Å². The monoisotopic (exact) mass is 446 g/mol. The van der Waals surface area contributed by atoms with Gasteiger partial charge in [0.15, 0.2) is 4.86 Å². The fourth-order valence-corrected chi connectivity index (χ4v) is 8.45. The standard InChI is InChI=1S/C24H30O4S2/c1-4-7-8-9-16-20-29-18-14-10-12-17-13-11-15-19(21(17)18)30(20)22(23(25)27-5-2)24(26)28-6-3/h10-15,20H,4-9,16H2,1-3H3. The van der Waals surface area contributed by atoms with E-state index >= 15 is 0 Å². The smallest absolute Gasteiger partial charge is 0.351 e. The van der Waals surface area contributed by atoms with Crippen molar-refractivity contribution in [3.8, 4) is 0 Å². The van der Waals surface area contributed by atoms with Crippen molar-refractivity contribution < 1.29 is 19.1 Å². The number of ether oxygens (including phenoxy) is 2. The first-order valence-corrected chi connectivity index (χ1v) is 12.9. The molecule has 1 aliphatic rings. The van der Waals surface area contributed by atoms with Crippen molar-refractivity contribution >= 4 is 49.8 Å². The lowest BCUT2D eigenvalue weighted by molar-refractivity contribution is -0.140. The summed E-state index contributed by atoms with van der Waals surface area (Å²) in [4.78, 5) is 28.3. The van der Waals surface area contributed by atoms with Crippen LogP contribution < -0.4 is 0 Å². The minimum atomic E-state index is -0.707. The molecule has 1 aliphatic heterocycles. The highest BCUT2D eigenvalue weighted by atomic mass is 32.2. The van der Waals surface area contributed by atoms with Crippen molar-refractivity contribution in [1.82, 2.24) is 0 Å². The molecule has 0 N–H and O–H groups in total. The van der Waals surface area contributed by atoms with Gasteiger partial charge in [0.2, 0.25) is 0 Å². The van der Waals surface area contributed by atoms with Crippen LogP contribution in [0.3, 0.4) is 0 Å². The first-order valence-electron chi connectivity index (χ1n) is 10.7. The summed E-state index contributed by atoms with van der Waals surface area (Å²) in [6, 6.07) is 12.5. The molecule has 0 saturated carbocycles. The molecule has 4 nitrogen and oxygen atoms in total. The molecule has 0 bridgehead atoms. The van der Waals surface area contributed by atoms with Gasteiger partial charge in [-0.15, -0.1) is 22.2 Å². The minimum Gasteiger partial charge on any atom is -0.462 e. The van der Waals surface area contributed by atoms with E-state index in [1.807, 2.05) is 6.07 Å². The molecule has 0 amide bonds. The summed E-state index contributed by atoms with van der Waals surface area (Å²) in [6.45, 7) is 6.18. The summed E-state index contributed by atoms with van der Waals surface area (Å²) >= 11 is 1.79. The Morgan fingerprint density at radius 1 is 0.933 bits per heavy atom. The van der Waals surface area contributed by atoms with Crippen LogP contribution in [-0.4, -0.2) is 34.6 Å². The van der Waals surface area contributed by atoms with Crippen molar-refractivity contribution in [3.05, 3.63) is 36.4 Å². The zero-order valence-electron chi connectivity index (χ0n) is 17.9. The third-order valence-corrected chi connectivity index (χ3v) is 9.33. The van der Waals surface area contributed by atoms with Gasteiger partial charge in [-0.2, -0.15) is 0 Å². The summed E-state index contributed by atoms with van der Waals surface area (Å²) in [5.41, 5.74) is 0. The van der Waals surface area contributed by atoms with E-state index in [-0.39, 0.29) is 22.7 Å². The maximum atomic E-state index is 12.9. The van der Waals surface area contributed by atoms with Crippen LogP contribution in [0.15, 0.2) is 46.2 Å². The molecule has 0 radical (unpaired) electrons. The molecule has 0 fully saturated rings. The number of carbonyl (C=O) groups is 2. The van der Waals surface area contributed by atoms with E-state index in [0.29, 0.717) is 0 Å². The van der Waals surface area contributed by atoms with Gasteiger partial charge in [0.05, 0.1) is 17.8 Å². The molecule has 0 saturated heterocycles. The molecule has 2 unspecified atom stereocenters. The lowest BCUT2D eigenvalue weighted by Gasteiger charge is -2.30. The van der Waals surface area contributed by atoms with E-state index < -0.39 is 22.4 Å². The summed E-state index contributed by atoms with van der Waals surface area (Å²) < 4.78 is 10.8. The molecule has 0 spiro atoms. The zero-order chi connectivity index (χ0) is 21.5. The average Bonchev–Trinajstić information content (AvgIpc) is 2.74. The van der Waals surface area contributed by atoms with Crippen molar-refractivity contribution in [2.24, 2.45) is 0 Å². The Labute approximate surface area is 185 Å². The number of hydrogen-bond donors (Lipinski definition) is 0. The lowest BCUT2D eigenvalue weighted by atomic mass is 10.1. The second kappa shape index (κ2) is 11.0. The van der Waals surface area contributed by atoms with Gasteiger partial charge in [0.1, 0.15) is 0 Å². The highest BCUT2D eigenvalue weighted by molar-refractivity contribution is 8.28. The van der Waals surface area contributed by atoms with Crippen molar-refractivity contribution in [2.75, 3.05) is 13.2 Å². The Morgan fingerprint density at radius 2 is 1.60 bits per heavy atom. The first kappa shape index (κ1) is 22.9. The summed E-state index contributed by atoms with van der Waals surface area (Å²) in [5.74, 6) is -1.09. The quantitative estimate of drug-likeness (QED) is 0.200. The Kier molecular flexibility index (Phi) is 8.40. The van der Waals surface area contributed by atoms with Crippen LogP contribution >= 0.6 is 22.2 Å². The summed E-state index contributed by atoms with van der Waals surface area (Å²) in [7, 11) is -0.707. The predicted octanol–water partition coefficient (Wildman–Crippen LogP) is 6.17. The molecule has 2 atom stereocenters. The Balaban J connectivity index is 2.19. The van der Waals surface area contributed by atoms with Crippen LogP contribution in [-0.2, 0) is 19.1 Å². The number of unbranched alkanes of at least 4 members (excludes halogenated alkanes) is 3. The van der Waals surface area contributed by atoms with Gasteiger partial charge >= 0.3 is 11.9 Å². The van der Waals surface area contributed by atoms with Crippen molar-refractivity contribution in [1.29, 1.82) is 0 Å². The van der Waals surface area contributed by atoms with Crippen LogP contribution in [0.25, 0.3) is 10.8 Å². The maximum absolute atomic E-state index is 12.9. The number of hydrogen-bond acceptors (Lipinski definition) is 5. The van der Waals surface area contributed by atoms with E-state index in [2.05, 4.69) is 37.3 Å². The number of thioether (sulfide) groups is 1. The van der Waals surface area contributed by atoms with E-state index in [0.717, 1.165) is 34.9 Å². The van der Waals surface area contributed by atoms with Crippen molar-refractivity contribution in [3.63, 3.8) is 0 Å². The van der Waals surface area contributed by atoms with Crippen molar-refractivity contribution in [2.45, 2.75) is 67.2 Å². The van der Waals surface area contributed by atoms with Gasteiger partial charge in [-0.25, -0.2) is 9.59 Å². The number of benzene rings is 2. The third kappa shape index (κ3) is 4.92. The van der Waals surface area contributed by atoms with Gasteiger partial charge in [-0.1, -0.05) is 56.9 Å². The summed E-state index contributed by atoms with van der Waals surface area (Å²) in [5, 5.41) is 2.27. The molecule has 0 aliphatic carbocycles. The maximum Gasteiger partial charge on any atom is 0.351 e. The van der Waals surface area contributed by atoms with E-state index in [4.69, 9.17) is 9.47 Å². The SMILES string of the molecule is CCCCCCC1Sc2cccc3cccc(c23)S1=C(C(=O)OCC)C(=O)OCC. The second-order valence-corrected chi connectivity index (χ2v) is 10.8. The molecule has 30 heavy (non-hydrogen) atoms. The molecular weight excluding hydrogens is 416 g/mol. The Morgan fingerprint density at radius 3 is 2.23 bits per heavy atom. The number of carbonyl (C=O) groups excluding carboxylic acids is 2. The predicted molar refractivity (Wildman–Crippen MR) is 126 cm³/mol. The zero-order valence-corrected chi connectivity index (χ0v) is 19.6. The minimum absolute atomic E-state index is 0.117. The molecule has 6 heteroatoms. The van der Waals surface area contributed by atoms with Crippen LogP contribution in [0.5, 0.6) is 0 Å². The Bertz CT molecular complexity index is 926. The highest BCUT2D eigenvalue weighted by Crippen LogP contribution is 2.54. The topological polar surface area (TPSA) is 52.6 Å². The first-order chi connectivity index (χ1) is 14.6. The molecule has 1 heterocycles. The van der Waals surface area contributed by atoms with Gasteiger partial charge < -0.3 is 9.47 Å². The summed E-state index contributed by atoms with van der Waals surface area (Å²) in [6.07, 6.45) is 5.55. The molecule has 3 rings (SSSR count). The lowest BCUT2D eigenvalue weighted by Crippen LogP contribution is -2.30. The Hall–Kier alpha value is -1.79. The van der Waals surface area contributed by atoms with E-state index in [1.165, 1.54) is 17.7 Å². The van der Waals surface area contributed by atoms with Crippen LogP contribution in [0.1, 0.15) is 52.9 Å². The molecule has 162 valence electrons. The van der Waals surface area contributed by atoms with Crippen LogP contribution in [0.2, 0.25) is 0 Å².